The number of aliphatic hydroxyl groups excluding tert-OH is 2. The summed E-state index contributed by atoms with van der Waals surface area (Å²) in [5, 5.41) is 27.5. The van der Waals surface area contributed by atoms with Gasteiger partial charge in [0, 0.05) is 16.9 Å². The number of aryl methyl sites for hydroxylation is 1. The topological polar surface area (TPSA) is 94.8 Å². The summed E-state index contributed by atoms with van der Waals surface area (Å²) in [7, 11) is 0. The normalized spacial score (nSPS) is 12.1. The smallest absolute Gasteiger partial charge is 0.303 e. The van der Waals surface area contributed by atoms with Crippen molar-refractivity contribution in [1.29, 1.82) is 0 Å². The Morgan fingerprint density at radius 2 is 1.87 bits per heavy atom. The molecule has 0 amide bonds. The molecule has 0 bridgehead atoms. The lowest BCUT2D eigenvalue weighted by molar-refractivity contribution is -0.136. The average molecular weight is 334 g/mol. The van der Waals surface area contributed by atoms with E-state index in [1.165, 1.54) is 11.3 Å². The highest BCUT2D eigenvalue weighted by atomic mass is 32.1. The first-order valence-electron chi connectivity index (χ1n) is 7.23. The van der Waals surface area contributed by atoms with Crippen LogP contribution in [0.15, 0.2) is 36.4 Å². The highest BCUT2D eigenvalue weighted by molar-refractivity contribution is 7.14. The second kappa shape index (κ2) is 8.01. The monoisotopic (exact) mass is 334 g/mol. The van der Waals surface area contributed by atoms with Crippen molar-refractivity contribution in [3.05, 3.63) is 57.3 Å². The molecule has 1 heterocycles. The highest BCUT2D eigenvalue weighted by Gasteiger charge is 2.18. The number of benzene rings is 1. The van der Waals surface area contributed by atoms with Crippen molar-refractivity contribution in [1.82, 2.24) is 0 Å². The van der Waals surface area contributed by atoms with E-state index in [1.54, 1.807) is 30.3 Å². The van der Waals surface area contributed by atoms with Gasteiger partial charge < -0.3 is 15.3 Å². The maximum absolute atomic E-state index is 12.5. The van der Waals surface area contributed by atoms with Gasteiger partial charge in [0.1, 0.15) is 0 Å². The van der Waals surface area contributed by atoms with Gasteiger partial charge in [-0.05, 0) is 18.1 Å². The highest BCUT2D eigenvalue weighted by Crippen LogP contribution is 2.27. The van der Waals surface area contributed by atoms with E-state index in [-0.39, 0.29) is 25.2 Å². The van der Waals surface area contributed by atoms with Crippen molar-refractivity contribution in [3.8, 4) is 0 Å². The van der Waals surface area contributed by atoms with Crippen molar-refractivity contribution in [2.24, 2.45) is 0 Å². The van der Waals surface area contributed by atoms with Gasteiger partial charge in [-0.15, -0.1) is 11.3 Å². The summed E-state index contributed by atoms with van der Waals surface area (Å²) in [4.78, 5) is 24.5. The number of carboxylic acids is 1. The molecule has 1 atom stereocenters. The van der Waals surface area contributed by atoms with Gasteiger partial charge >= 0.3 is 5.97 Å². The van der Waals surface area contributed by atoms with Gasteiger partial charge in [-0.2, -0.15) is 0 Å². The molecule has 1 aromatic heterocycles. The van der Waals surface area contributed by atoms with E-state index in [2.05, 4.69) is 0 Å². The molecule has 1 aromatic carbocycles. The van der Waals surface area contributed by atoms with Crippen LogP contribution < -0.4 is 0 Å². The van der Waals surface area contributed by atoms with Crippen molar-refractivity contribution >= 4 is 23.1 Å². The fourth-order valence-corrected chi connectivity index (χ4v) is 3.39. The zero-order chi connectivity index (χ0) is 16.8. The fourth-order valence-electron chi connectivity index (χ4n) is 2.23. The number of thiophene rings is 1. The van der Waals surface area contributed by atoms with E-state index in [4.69, 9.17) is 10.2 Å². The van der Waals surface area contributed by atoms with Crippen LogP contribution >= 0.6 is 11.3 Å². The lowest BCUT2D eigenvalue weighted by atomic mass is 10.0. The van der Waals surface area contributed by atoms with Crippen LogP contribution in [0.3, 0.4) is 0 Å². The molecular weight excluding hydrogens is 316 g/mol. The van der Waals surface area contributed by atoms with Gasteiger partial charge in [0.05, 0.1) is 24.0 Å². The molecule has 2 aromatic rings. The number of carboxylic acid groups (broad SMARTS) is 1. The van der Waals surface area contributed by atoms with Gasteiger partial charge in [-0.1, -0.05) is 30.3 Å². The molecule has 0 aliphatic rings. The summed E-state index contributed by atoms with van der Waals surface area (Å²) < 4.78 is 0. The predicted molar refractivity (Wildman–Crippen MR) is 86.9 cm³/mol. The Labute approximate surface area is 137 Å². The molecule has 0 saturated heterocycles. The van der Waals surface area contributed by atoms with Crippen LogP contribution in [0.1, 0.15) is 32.1 Å². The number of ketones is 1. The Balaban J connectivity index is 2.28. The first-order valence-corrected chi connectivity index (χ1v) is 8.05. The minimum absolute atomic E-state index is 0.0400. The van der Waals surface area contributed by atoms with Crippen LogP contribution in [0.25, 0.3) is 0 Å². The fraction of sp³-hybridized carbons (Fsp3) is 0.294. The van der Waals surface area contributed by atoms with Crippen LogP contribution in [0.4, 0.5) is 0 Å². The largest absolute Gasteiger partial charge is 0.481 e. The summed E-state index contributed by atoms with van der Waals surface area (Å²) in [6, 6.07) is 10.5. The van der Waals surface area contributed by atoms with E-state index in [0.29, 0.717) is 16.9 Å². The zero-order valence-electron chi connectivity index (χ0n) is 12.4. The molecule has 0 saturated carbocycles. The molecule has 1 unspecified atom stereocenters. The molecule has 5 nitrogen and oxygen atoms in total. The first-order chi connectivity index (χ1) is 11.0. The average Bonchev–Trinajstić information content (AvgIpc) is 2.95. The van der Waals surface area contributed by atoms with E-state index < -0.39 is 12.1 Å². The number of aliphatic hydroxyl groups is 2. The quantitative estimate of drug-likeness (QED) is 0.641. The number of hydrogen-bond acceptors (Lipinski definition) is 5. The third-order valence-corrected chi connectivity index (χ3v) is 4.62. The molecule has 23 heavy (non-hydrogen) atoms. The number of rotatable bonds is 8. The van der Waals surface area contributed by atoms with Crippen LogP contribution in [0, 0.1) is 0 Å². The molecule has 2 rings (SSSR count). The minimum atomic E-state index is -0.923. The molecular formula is C17H18O5S. The number of aliphatic carboxylic acids is 1. The van der Waals surface area contributed by atoms with Crippen LogP contribution in [0.5, 0.6) is 0 Å². The van der Waals surface area contributed by atoms with E-state index in [1.807, 2.05) is 6.07 Å². The molecule has 0 radical (unpaired) electrons. The van der Waals surface area contributed by atoms with E-state index >= 15 is 0 Å². The van der Waals surface area contributed by atoms with Gasteiger partial charge in [0.15, 0.2) is 0 Å². The molecule has 3 N–H and O–H groups in total. The SMILES string of the molecule is O=C(O)CCc1sc(C(=O)c2ccccc2)cc1CC(O)CO. The van der Waals surface area contributed by atoms with Crippen molar-refractivity contribution in [2.45, 2.75) is 25.4 Å². The van der Waals surface area contributed by atoms with E-state index in [9.17, 15) is 14.7 Å². The lowest BCUT2D eigenvalue weighted by Gasteiger charge is -2.07. The summed E-state index contributed by atoms with van der Waals surface area (Å²) in [6.07, 6.45) is -0.464. The third-order valence-electron chi connectivity index (χ3n) is 3.39. The Hall–Kier alpha value is -2.02. The number of hydrogen-bond donors (Lipinski definition) is 3. The van der Waals surface area contributed by atoms with Gasteiger partial charge in [-0.3, -0.25) is 9.59 Å². The van der Waals surface area contributed by atoms with Gasteiger partial charge in [0.2, 0.25) is 5.78 Å². The summed E-state index contributed by atoms with van der Waals surface area (Å²) in [5.41, 5.74) is 1.28. The predicted octanol–water partition coefficient (Wildman–Crippen LogP) is 1.89. The van der Waals surface area contributed by atoms with Gasteiger partial charge in [0.25, 0.3) is 0 Å². The second-order valence-corrected chi connectivity index (χ2v) is 6.33. The minimum Gasteiger partial charge on any atom is -0.481 e. The molecule has 0 fully saturated rings. The second-order valence-electron chi connectivity index (χ2n) is 5.19. The molecule has 6 heteroatoms. The lowest BCUT2D eigenvalue weighted by Crippen LogP contribution is -2.15. The molecule has 122 valence electrons. The van der Waals surface area contributed by atoms with Crippen molar-refractivity contribution in [3.63, 3.8) is 0 Å². The van der Waals surface area contributed by atoms with Crippen LogP contribution in [0.2, 0.25) is 0 Å². The Bertz CT molecular complexity index is 678. The first kappa shape index (κ1) is 17.3. The maximum Gasteiger partial charge on any atom is 0.303 e. The molecule has 0 aliphatic carbocycles. The number of carbonyl (C=O) groups excluding carboxylic acids is 1. The van der Waals surface area contributed by atoms with Crippen LogP contribution in [-0.4, -0.2) is 39.8 Å². The van der Waals surface area contributed by atoms with Gasteiger partial charge in [-0.25, -0.2) is 0 Å². The van der Waals surface area contributed by atoms with Crippen molar-refractivity contribution in [2.75, 3.05) is 6.61 Å². The Morgan fingerprint density at radius 1 is 1.17 bits per heavy atom. The maximum atomic E-state index is 12.5. The third kappa shape index (κ3) is 4.72. The summed E-state index contributed by atoms with van der Waals surface area (Å²) in [5.74, 6) is -1.04. The van der Waals surface area contributed by atoms with Crippen LogP contribution in [-0.2, 0) is 17.6 Å². The van der Waals surface area contributed by atoms with E-state index in [0.717, 1.165) is 10.4 Å². The Kier molecular flexibility index (Phi) is 6.04. The standard InChI is InChI=1S/C17H18O5S/c18-10-13(19)8-12-9-15(23-14(12)6-7-16(20)21)17(22)11-4-2-1-3-5-11/h1-5,9,13,18-19H,6-8,10H2,(H,20,21). The summed E-state index contributed by atoms with van der Waals surface area (Å²) in [6.45, 7) is -0.379. The molecule has 0 aliphatic heterocycles. The number of carbonyl (C=O) groups is 2. The van der Waals surface area contributed by atoms with Crippen molar-refractivity contribution < 1.29 is 24.9 Å². The molecule has 0 spiro atoms. The summed E-state index contributed by atoms with van der Waals surface area (Å²) >= 11 is 1.25. The Morgan fingerprint density at radius 3 is 2.48 bits per heavy atom. The zero-order valence-corrected chi connectivity index (χ0v) is 13.3.